The van der Waals surface area contributed by atoms with Crippen molar-refractivity contribution in [3.63, 3.8) is 0 Å². The summed E-state index contributed by atoms with van der Waals surface area (Å²) in [5, 5.41) is 3.24. The van der Waals surface area contributed by atoms with E-state index in [1.54, 1.807) is 0 Å². The predicted octanol–water partition coefficient (Wildman–Crippen LogP) is 1.88. The van der Waals surface area contributed by atoms with Crippen LogP contribution in [0.4, 0.5) is 0 Å². The number of hydrogen-bond donors (Lipinski definition) is 1. The maximum atomic E-state index is 3.80. The third-order valence-corrected chi connectivity index (χ3v) is 2.38. The summed E-state index contributed by atoms with van der Waals surface area (Å²) in [4.78, 5) is 2.48. The Hall–Kier alpha value is -0.340. The lowest BCUT2D eigenvalue weighted by molar-refractivity contribution is 0.166. The largest absolute Gasteiger partial charge is 0.318 e. The summed E-state index contributed by atoms with van der Waals surface area (Å²) in [7, 11) is 2.01. The van der Waals surface area contributed by atoms with Crippen LogP contribution in [-0.4, -0.2) is 37.1 Å². The third-order valence-electron chi connectivity index (χ3n) is 2.38. The molecular formula is C11H24N2. The van der Waals surface area contributed by atoms with E-state index >= 15 is 0 Å². The Balaban J connectivity index is 4.19. The Morgan fingerprint density at radius 3 is 2.38 bits per heavy atom. The molecule has 0 aliphatic carbocycles. The molecule has 0 saturated heterocycles. The molecule has 0 aromatic heterocycles. The van der Waals surface area contributed by atoms with Gasteiger partial charge in [0, 0.05) is 25.2 Å². The Morgan fingerprint density at radius 1 is 1.46 bits per heavy atom. The van der Waals surface area contributed by atoms with Crippen molar-refractivity contribution < 1.29 is 0 Å². The molecule has 0 aromatic carbocycles. The average molecular weight is 184 g/mol. The number of likely N-dealkylation sites (N-methyl/N-ethyl adjacent to an activating group) is 1. The summed E-state index contributed by atoms with van der Waals surface area (Å²) in [6.45, 7) is 12.6. The summed E-state index contributed by atoms with van der Waals surface area (Å²) < 4.78 is 0. The molecule has 1 atom stereocenters. The minimum atomic E-state index is 0.594. The topological polar surface area (TPSA) is 15.3 Å². The molecule has 0 amide bonds. The third kappa shape index (κ3) is 4.44. The molecule has 0 spiro atoms. The zero-order valence-corrected chi connectivity index (χ0v) is 9.51. The lowest BCUT2D eigenvalue weighted by Crippen LogP contribution is -2.45. The molecule has 0 fully saturated rings. The van der Waals surface area contributed by atoms with Gasteiger partial charge >= 0.3 is 0 Å². The maximum absolute atomic E-state index is 3.80. The molecule has 0 saturated carbocycles. The summed E-state index contributed by atoms with van der Waals surface area (Å²) in [5.41, 5.74) is 0. The first kappa shape index (κ1) is 12.7. The summed E-state index contributed by atoms with van der Waals surface area (Å²) in [5.74, 6) is 0. The highest BCUT2D eigenvalue weighted by atomic mass is 15.2. The van der Waals surface area contributed by atoms with E-state index in [1.165, 1.54) is 6.42 Å². The van der Waals surface area contributed by atoms with Gasteiger partial charge in [-0.05, 0) is 27.3 Å². The van der Waals surface area contributed by atoms with Crippen molar-refractivity contribution >= 4 is 0 Å². The normalized spacial score (nSPS) is 13.7. The monoisotopic (exact) mass is 184 g/mol. The first-order chi connectivity index (χ1) is 6.17. The Kier molecular flexibility index (Phi) is 6.92. The van der Waals surface area contributed by atoms with Crippen molar-refractivity contribution in [2.75, 3.05) is 20.1 Å². The van der Waals surface area contributed by atoms with Crippen molar-refractivity contribution in [2.45, 2.75) is 39.3 Å². The lowest BCUT2D eigenvalue weighted by Gasteiger charge is -2.33. The molecule has 0 aromatic rings. The van der Waals surface area contributed by atoms with E-state index in [0.29, 0.717) is 12.1 Å². The second-order valence-electron chi connectivity index (χ2n) is 3.70. The number of nitrogens with one attached hydrogen (secondary N) is 1. The van der Waals surface area contributed by atoms with Crippen LogP contribution in [0.15, 0.2) is 12.7 Å². The molecule has 2 nitrogen and oxygen atoms in total. The number of nitrogens with zero attached hydrogens (tertiary/aromatic N) is 1. The van der Waals surface area contributed by atoms with Crippen molar-refractivity contribution in [3.8, 4) is 0 Å². The van der Waals surface area contributed by atoms with E-state index < -0.39 is 0 Å². The predicted molar refractivity (Wildman–Crippen MR) is 60.0 cm³/mol. The van der Waals surface area contributed by atoms with Crippen molar-refractivity contribution in [3.05, 3.63) is 12.7 Å². The fourth-order valence-corrected chi connectivity index (χ4v) is 1.66. The second-order valence-corrected chi connectivity index (χ2v) is 3.70. The maximum Gasteiger partial charge on any atom is 0.0223 e. The zero-order chi connectivity index (χ0) is 10.3. The highest BCUT2D eigenvalue weighted by molar-refractivity contribution is 4.82. The first-order valence-corrected chi connectivity index (χ1v) is 5.18. The Bertz CT molecular complexity index is 132. The van der Waals surface area contributed by atoms with Crippen LogP contribution in [0.1, 0.15) is 27.2 Å². The van der Waals surface area contributed by atoms with Gasteiger partial charge in [0.05, 0.1) is 0 Å². The van der Waals surface area contributed by atoms with Gasteiger partial charge in [-0.25, -0.2) is 0 Å². The van der Waals surface area contributed by atoms with Gasteiger partial charge in [0.15, 0.2) is 0 Å². The second kappa shape index (κ2) is 7.10. The molecular weight excluding hydrogens is 160 g/mol. The standard InChI is InChI=1S/C11H24N2/c1-6-8-13(10(3)4)11(7-2)9-12-5/h6,10-12H,1,7-9H2,2-5H3. The molecule has 2 heteroatoms. The van der Waals surface area contributed by atoms with Gasteiger partial charge < -0.3 is 5.32 Å². The van der Waals surface area contributed by atoms with Gasteiger partial charge in [-0.1, -0.05) is 13.0 Å². The molecule has 78 valence electrons. The van der Waals surface area contributed by atoms with Crippen molar-refractivity contribution in [1.29, 1.82) is 0 Å². The number of hydrogen-bond acceptors (Lipinski definition) is 2. The van der Waals surface area contributed by atoms with Crippen LogP contribution < -0.4 is 5.32 Å². The average Bonchev–Trinajstić information content (AvgIpc) is 2.10. The lowest BCUT2D eigenvalue weighted by atomic mass is 10.1. The van der Waals surface area contributed by atoms with Gasteiger partial charge in [0.2, 0.25) is 0 Å². The SMILES string of the molecule is C=CCN(C(C)C)C(CC)CNC. The smallest absolute Gasteiger partial charge is 0.0223 e. The Morgan fingerprint density at radius 2 is 2.08 bits per heavy atom. The number of rotatable bonds is 7. The van der Waals surface area contributed by atoms with Crippen molar-refractivity contribution in [1.82, 2.24) is 10.2 Å². The Labute approximate surface area is 83.0 Å². The molecule has 0 heterocycles. The molecule has 0 radical (unpaired) electrons. The summed E-state index contributed by atoms with van der Waals surface area (Å²) in [6.07, 6.45) is 3.17. The van der Waals surface area contributed by atoms with Gasteiger partial charge in [0.25, 0.3) is 0 Å². The van der Waals surface area contributed by atoms with E-state index in [2.05, 4.69) is 37.6 Å². The highest BCUT2D eigenvalue weighted by Crippen LogP contribution is 2.08. The molecule has 1 unspecified atom stereocenters. The van der Waals surface area contributed by atoms with E-state index in [1.807, 2.05) is 13.1 Å². The van der Waals surface area contributed by atoms with Crippen LogP contribution in [0.2, 0.25) is 0 Å². The molecule has 0 aliphatic heterocycles. The van der Waals surface area contributed by atoms with E-state index in [4.69, 9.17) is 0 Å². The first-order valence-electron chi connectivity index (χ1n) is 5.18. The van der Waals surface area contributed by atoms with Crippen LogP contribution in [0.3, 0.4) is 0 Å². The van der Waals surface area contributed by atoms with Crippen LogP contribution in [0.5, 0.6) is 0 Å². The highest BCUT2D eigenvalue weighted by Gasteiger charge is 2.17. The van der Waals surface area contributed by atoms with Gasteiger partial charge in [-0.15, -0.1) is 6.58 Å². The summed E-state index contributed by atoms with van der Waals surface area (Å²) in [6, 6.07) is 1.22. The zero-order valence-electron chi connectivity index (χ0n) is 9.51. The van der Waals surface area contributed by atoms with Gasteiger partial charge in [-0.3, -0.25) is 4.90 Å². The minimum absolute atomic E-state index is 0.594. The quantitative estimate of drug-likeness (QED) is 0.608. The molecule has 0 bridgehead atoms. The van der Waals surface area contributed by atoms with Crippen LogP contribution in [0, 0.1) is 0 Å². The van der Waals surface area contributed by atoms with Crippen LogP contribution in [0.25, 0.3) is 0 Å². The minimum Gasteiger partial charge on any atom is -0.318 e. The van der Waals surface area contributed by atoms with Crippen LogP contribution in [-0.2, 0) is 0 Å². The van der Waals surface area contributed by atoms with Gasteiger partial charge in [0.1, 0.15) is 0 Å². The molecule has 13 heavy (non-hydrogen) atoms. The van der Waals surface area contributed by atoms with Crippen LogP contribution >= 0.6 is 0 Å². The van der Waals surface area contributed by atoms with E-state index in [0.717, 1.165) is 13.1 Å². The van der Waals surface area contributed by atoms with Crippen molar-refractivity contribution in [2.24, 2.45) is 0 Å². The van der Waals surface area contributed by atoms with E-state index in [9.17, 15) is 0 Å². The van der Waals surface area contributed by atoms with E-state index in [-0.39, 0.29) is 0 Å². The fraction of sp³-hybridized carbons (Fsp3) is 0.818. The summed E-state index contributed by atoms with van der Waals surface area (Å²) >= 11 is 0. The fourth-order valence-electron chi connectivity index (χ4n) is 1.66. The molecule has 0 aliphatic rings. The molecule has 0 rings (SSSR count). The molecule has 1 N–H and O–H groups in total. The van der Waals surface area contributed by atoms with Gasteiger partial charge in [-0.2, -0.15) is 0 Å².